The summed E-state index contributed by atoms with van der Waals surface area (Å²) in [4.78, 5) is 4.19. The van der Waals surface area contributed by atoms with E-state index in [1.165, 1.54) is 6.26 Å². The molecule has 3 aromatic rings. The molecule has 27 heavy (non-hydrogen) atoms. The Morgan fingerprint density at radius 1 is 1.11 bits per heavy atom. The fourth-order valence-electron chi connectivity index (χ4n) is 2.35. The lowest BCUT2D eigenvalue weighted by molar-refractivity contribution is 0.0438. The van der Waals surface area contributed by atoms with Crippen LogP contribution in [0.4, 0.5) is 5.69 Å². The Kier molecular flexibility index (Phi) is 7.26. The number of ether oxygens (including phenoxy) is 1. The number of furan rings is 1. The number of hydrogen-bond donors (Lipinski definition) is 3. The van der Waals surface area contributed by atoms with Gasteiger partial charge in [-0.1, -0.05) is 24.3 Å². The summed E-state index contributed by atoms with van der Waals surface area (Å²) in [7, 11) is 0. The number of halogens is 1. The van der Waals surface area contributed by atoms with Crippen LogP contribution in [-0.4, -0.2) is 17.6 Å². The number of nitrogens with two attached hydrogens (primary N) is 1. The van der Waals surface area contributed by atoms with Crippen molar-refractivity contribution in [3.63, 3.8) is 0 Å². The quantitative estimate of drug-likeness (QED) is 0.278. The standard InChI is InChI=1S/C20H21N3O3.HI/c1-20(24,18-11-6-12-25-18)14-22-19(21)23-15-7-5-10-17(13-15)26-16-8-3-2-4-9-16;/h2-13,24H,14H2,1H3,(H3,21,22,23);1H. The molecule has 0 aliphatic heterocycles. The first-order valence-electron chi connectivity index (χ1n) is 8.19. The van der Waals surface area contributed by atoms with E-state index >= 15 is 0 Å². The van der Waals surface area contributed by atoms with Crippen molar-refractivity contribution in [2.45, 2.75) is 12.5 Å². The molecule has 0 aliphatic carbocycles. The van der Waals surface area contributed by atoms with Crippen molar-refractivity contribution in [2.75, 3.05) is 11.9 Å². The Bertz CT molecular complexity index is 865. The van der Waals surface area contributed by atoms with Gasteiger partial charge in [-0.15, -0.1) is 24.0 Å². The van der Waals surface area contributed by atoms with Crippen LogP contribution in [0.15, 0.2) is 82.4 Å². The van der Waals surface area contributed by atoms with Crippen LogP contribution in [0, 0.1) is 0 Å². The predicted octanol–water partition coefficient (Wildman–Crippen LogP) is 4.32. The minimum atomic E-state index is -1.23. The van der Waals surface area contributed by atoms with Crippen molar-refractivity contribution >= 4 is 35.6 Å². The molecule has 0 fully saturated rings. The molecule has 1 aromatic heterocycles. The number of anilines is 1. The lowest BCUT2D eigenvalue weighted by Crippen LogP contribution is -2.29. The molecule has 142 valence electrons. The number of guanidine groups is 1. The van der Waals surface area contributed by atoms with Gasteiger partial charge in [0.1, 0.15) is 22.9 Å². The van der Waals surface area contributed by atoms with E-state index in [1.807, 2.05) is 54.6 Å². The average Bonchev–Trinajstić information content (AvgIpc) is 3.17. The minimum Gasteiger partial charge on any atom is -0.466 e. The van der Waals surface area contributed by atoms with Crippen molar-refractivity contribution in [3.8, 4) is 11.5 Å². The maximum absolute atomic E-state index is 10.4. The van der Waals surface area contributed by atoms with Crippen molar-refractivity contribution in [1.82, 2.24) is 0 Å². The average molecular weight is 479 g/mol. The van der Waals surface area contributed by atoms with Gasteiger partial charge in [0.25, 0.3) is 0 Å². The lowest BCUT2D eigenvalue weighted by atomic mass is 10.0. The molecule has 0 saturated carbocycles. The van der Waals surface area contributed by atoms with Gasteiger partial charge in [0.15, 0.2) is 5.96 Å². The lowest BCUT2D eigenvalue weighted by Gasteiger charge is -2.18. The van der Waals surface area contributed by atoms with E-state index in [-0.39, 0.29) is 36.5 Å². The van der Waals surface area contributed by atoms with Crippen LogP contribution >= 0.6 is 24.0 Å². The van der Waals surface area contributed by atoms with E-state index in [0.717, 1.165) is 11.4 Å². The molecule has 1 atom stereocenters. The molecule has 6 nitrogen and oxygen atoms in total. The zero-order chi connectivity index (χ0) is 18.4. The molecule has 0 amide bonds. The number of aliphatic imine (C=N–C) groups is 1. The number of para-hydroxylation sites is 1. The van der Waals surface area contributed by atoms with Gasteiger partial charge in [0.05, 0.1) is 12.8 Å². The number of aliphatic hydroxyl groups is 1. The van der Waals surface area contributed by atoms with E-state index in [0.29, 0.717) is 11.5 Å². The van der Waals surface area contributed by atoms with Gasteiger partial charge < -0.3 is 25.3 Å². The zero-order valence-electron chi connectivity index (χ0n) is 14.8. The maximum atomic E-state index is 10.4. The number of rotatable bonds is 6. The van der Waals surface area contributed by atoms with Gasteiger partial charge in [-0.3, -0.25) is 0 Å². The molecule has 2 aromatic carbocycles. The summed E-state index contributed by atoms with van der Waals surface area (Å²) in [5, 5.41) is 13.4. The van der Waals surface area contributed by atoms with Crippen LogP contribution in [0.1, 0.15) is 12.7 Å². The summed E-state index contributed by atoms with van der Waals surface area (Å²) in [6.45, 7) is 1.69. The van der Waals surface area contributed by atoms with Gasteiger partial charge in [-0.05, 0) is 43.3 Å². The molecular formula is C20H22IN3O3. The highest BCUT2D eigenvalue weighted by molar-refractivity contribution is 14.0. The van der Waals surface area contributed by atoms with Crippen LogP contribution in [0.25, 0.3) is 0 Å². The first-order chi connectivity index (χ1) is 12.5. The summed E-state index contributed by atoms with van der Waals surface area (Å²) in [5.41, 5.74) is 5.43. The second kappa shape index (κ2) is 9.43. The molecule has 0 aliphatic rings. The van der Waals surface area contributed by atoms with Gasteiger partial charge in [0, 0.05) is 11.8 Å². The number of benzene rings is 2. The Morgan fingerprint density at radius 2 is 1.85 bits per heavy atom. The molecule has 0 saturated heterocycles. The molecule has 0 bridgehead atoms. The van der Waals surface area contributed by atoms with Gasteiger partial charge >= 0.3 is 0 Å². The summed E-state index contributed by atoms with van der Waals surface area (Å²) in [6, 6.07) is 20.3. The molecule has 4 N–H and O–H groups in total. The third-order valence-electron chi connectivity index (χ3n) is 3.69. The number of nitrogens with one attached hydrogen (secondary N) is 1. The summed E-state index contributed by atoms with van der Waals surface area (Å²) in [5.74, 6) is 2.05. The van der Waals surface area contributed by atoms with Crippen LogP contribution < -0.4 is 15.8 Å². The van der Waals surface area contributed by atoms with Crippen molar-refractivity contribution in [2.24, 2.45) is 10.7 Å². The predicted molar refractivity (Wildman–Crippen MR) is 117 cm³/mol. The fraction of sp³-hybridized carbons (Fsp3) is 0.150. The normalized spacial score (nSPS) is 13.3. The first kappa shape index (κ1) is 20.8. The fourth-order valence-corrected chi connectivity index (χ4v) is 2.35. The molecule has 7 heteroatoms. The van der Waals surface area contributed by atoms with Crippen molar-refractivity contribution < 1.29 is 14.3 Å². The highest BCUT2D eigenvalue weighted by Crippen LogP contribution is 2.24. The van der Waals surface area contributed by atoms with Crippen LogP contribution in [0.3, 0.4) is 0 Å². The molecular weight excluding hydrogens is 457 g/mol. The summed E-state index contributed by atoms with van der Waals surface area (Å²) in [6.07, 6.45) is 1.51. The summed E-state index contributed by atoms with van der Waals surface area (Å²) < 4.78 is 11.0. The highest BCUT2D eigenvalue weighted by Gasteiger charge is 2.25. The molecule has 0 radical (unpaired) electrons. The molecule has 1 heterocycles. The molecule has 1 unspecified atom stereocenters. The van der Waals surface area contributed by atoms with Crippen molar-refractivity contribution in [3.05, 3.63) is 78.8 Å². The Labute approximate surface area is 175 Å². The summed E-state index contributed by atoms with van der Waals surface area (Å²) >= 11 is 0. The second-order valence-electron chi connectivity index (χ2n) is 6.02. The molecule has 3 rings (SSSR count). The SMILES string of the molecule is CC(O)(CN=C(N)Nc1cccc(Oc2ccccc2)c1)c1ccco1.I. The van der Waals surface area contributed by atoms with Gasteiger partial charge in [-0.25, -0.2) is 4.99 Å². The van der Waals surface area contributed by atoms with E-state index < -0.39 is 5.60 Å². The Morgan fingerprint density at radius 3 is 2.56 bits per heavy atom. The smallest absolute Gasteiger partial charge is 0.193 e. The third-order valence-corrected chi connectivity index (χ3v) is 3.69. The van der Waals surface area contributed by atoms with Crippen LogP contribution in [0.5, 0.6) is 11.5 Å². The minimum absolute atomic E-state index is 0. The topological polar surface area (TPSA) is 93.0 Å². The van der Waals surface area contributed by atoms with E-state index in [2.05, 4.69) is 10.3 Å². The van der Waals surface area contributed by atoms with Crippen LogP contribution in [0.2, 0.25) is 0 Å². The maximum Gasteiger partial charge on any atom is 0.193 e. The van der Waals surface area contributed by atoms with Gasteiger partial charge in [0.2, 0.25) is 0 Å². The van der Waals surface area contributed by atoms with Crippen LogP contribution in [-0.2, 0) is 5.60 Å². The molecule has 0 spiro atoms. The number of hydrogen-bond acceptors (Lipinski definition) is 4. The van der Waals surface area contributed by atoms with Gasteiger partial charge in [-0.2, -0.15) is 0 Å². The second-order valence-corrected chi connectivity index (χ2v) is 6.02. The third kappa shape index (κ3) is 6.00. The first-order valence-corrected chi connectivity index (χ1v) is 8.19. The Hall–Kier alpha value is -2.52. The number of nitrogens with zero attached hydrogens (tertiary/aromatic N) is 1. The van der Waals surface area contributed by atoms with E-state index in [4.69, 9.17) is 14.9 Å². The highest BCUT2D eigenvalue weighted by atomic mass is 127. The van der Waals surface area contributed by atoms with Crippen molar-refractivity contribution in [1.29, 1.82) is 0 Å². The van der Waals surface area contributed by atoms with E-state index in [1.54, 1.807) is 19.1 Å². The monoisotopic (exact) mass is 479 g/mol. The zero-order valence-corrected chi connectivity index (χ0v) is 17.2. The van der Waals surface area contributed by atoms with E-state index in [9.17, 15) is 5.11 Å². The Balaban J connectivity index is 0.00000261. The largest absolute Gasteiger partial charge is 0.466 e.